The second kappa shape index (κ2) is 3.68. The van der Waals surface area contributed by atoms with E-state index in [0.29, 0.717) is 0 Å². The zero-order chi connectivity index (χ0) is 12.9. The molecule has 5 heteroatoms. The van der Waals surface area contributed by atoms with Crippen LogP contribution in [0.1, 0.15) is 11.1 Å². The molecule has 0 saturated heterocycles. The monoisotopic (exact) mass is 246 g/mol. The molecule has 0 heterocycles. The first-order valence-electron chi connectivity index (χ1n) is 4.77. The Bertz CT molecular complexity index is 631. The Morgan fingerprint density at radius 3 is 1.88 bits per heavy atom. The molecule has 0 aromatic heterocycles. The molecule has 17 heavy (non-hydrogen) atoms. The zero-order valence-corrected chi connectivity index (χ0v) is 8.97. The van der Waals surface area contributed by atoms with E-state index >= 15 is 0 Å². The summed E-state index contributed by atoms with van der Waals surface area (Å²) in [6.45, 7) is 2.15. The number of hydrogen-bond donors (Lipinski definition) is 0. The Labute approximate surface area is 93.7 Å². The average Bonchev–Trinajstić information content (AvgIpc) is 2.28. The molecule has 0 spiro atoms. The molecule has 0 unspecified atom stereocenters. The third-order valence-corrected chi connectivity index (χ3v) is 2.69. The van der Waals surface area contributed by atoms with Crippen LogP contribution in [0, 0.1) is 42.9 Å². The lowest BCUT2D eigenvalue weighted by Gasteiger charge is -2.10. The van der Waals surface area contributed by atoms with Gasteiger partial charge in [-0.25, -0.2) is 22.0 Å². The van der Waals surface area contributed by atoms with Crippen molar-refractivity contribution >= 4 is 10.8 Å². The molecule has 2 aromatic carbocycles. The lowest BCUT2D eigenvalue weighted by atomic mass is 10.0. The van der Waals surface area contributed by atoms with Crippen LogP contribution < -0.4 is 0 Å². The predicted octanol–water partition coefficient (Wildman–Crippen LogP) is 4.15. The highest BCUT2D eigenvalue weighted by Crippen LogP contribution is 2.32. The number of fused-ring (bicyclic) bond motifs is 1. The maximum atomic E-state index is 13.6. The SMILES string of the molecule is Cc1cc(F)c2c(F)c(C)c(F)c(F)c2c1F. The standard InChI is InChI=1S/C12H7F5/c1-4-3-6(13)7-8(9(4)14)12(17)11(16)5(2)10(7)15/h3H,1-2H3. The lowest BCUT2D eigenvalue weighted by Crippen LogP contribution is -2.02. The van der Waals surface area contributed by atoms with Crippen molar-refractivity contribution in [2.45, 2.75) is 13.8 Å². The van der Waals surface area contributed by atoms with E-state index in [1.807, 2.05) is 0 Å². The lowest BCUT2D eigenvalue weighted by molar-refractivity contribution is 0.489. The number of rotatable bonds is 0. The summed E-state index contributed by atoms with van der Waals surface area (Å²) >= 11 is 0. The molecule has 0 nitrogen and oxygen atoms in total. The Morgan fingerprint density at radius 1 is 0.706 bits per heavy atom. The second-order valence-electron chi connectivity index (χ2n) is 3.81. The highest BCUT2D eigenvalue weighted by atomic mass is 19.2. The fourth-order valence-corrected chi connectivity index (χ4v) is 1.73. The van der Waals surface area contributed by atoms with Crippen LogP contribution in [-0.2, 0) is 0 Å². The van der Waals surface area contributed by atoms with Gasteiger partial charge in [0.05, 0.1) is 10.8 Å². The Morgan fingerprint density at radius 2 is 1.29 bits per heavy atom. The minimum absolute atomic E-state index is 0.212. The fourth-order valence-electron chi connectivity index (χ4n) is 1.73. The highest BCUT2D eigenvalue weighted by molar-refractivity contribution is 5.86. The molecule has 0 aliphatic carbocycles. The summed E-state index contributed by atoms with van der Waals surface area (Å²) in [4.78, 5) is 0. The topological polar surface area (TPSA) is 0 Å². The van der Waals surface area contributed by atoms with Gasteiger partial charge in [0, 0.05) is 5.56 Å². The summed E-state index contributed by atoms with van der Waals surface area (Å²) in [5.41, 5.74) is -0.881. The molecular weight excluding hydrogens is 239 g/mol. The van der Waals surface area contributed by atoms with E-state index < -0.39 is 45.4 Å². The van der Waals surface area contributed by atoms with Crippen molar-refractivity contribution in [1.29, 1.82) is 0 Å². The predicted molar refractivity (Wildman–Crippen MR) is 53.2 cm³/mol. The molecular formula is C12H7F5. The zero-order valence-electron chi connectivity index (χ0n) is 8.97. The third kappa shape index (κ3) is 1.49. The quantitative estimate of drug-likeness (QED) is 0.484. The van der Waals surface area contributed by atoms with Gasteiger partial charge in [-0.2, -0.15) is 0 Å². The maximum Gasteiger partial charge on any atom is 0.170 e. The summed E-state index contributed by atoms with van der Waals surface area (Å²) in [6, 6.07) is 0.748. The molecule has 0 saturated carbocycles. The van der Waals surface area contributed by atoms with Crippen LogP contribution in [0.5, 0.6) is 0 Å². The molecule has 0 aliphatic rings. The molecule has 2 aromatic rings. The van der Waals surface area contributed by atoms with Crippen molar-refractivity contribution in [3.05, 3.63) is 46.3 Å². The van der Waals surface area contributed by atoms with Crippen LogP contribution in [0.15, 0.2) is 6.07 Å². The van der Waals surface area contributed by atoms with Gasteiger partial charge in [-0.05, 0) is 25.5 Å². The molecule has 90 valence electrons. The number of aryl methyl sites for hydroxylation is 1. The molecule has 0 N–H and O–H groups in total. The minimum atomic E-state index is -1.57. The number of halogens is 5. The summed E-state index contributed by atoms with van der Waals surface area (Å²) in [7, 11) is 0. The smallest absolute Gasteiger partial charge is 0.170 e. The van der Waals surface area contributed by atoms with Gasteiger partial charge in [-0.1, -0.05) is 0 Å². The number of hydrogen-bond acceptors (Lipinski definition) is 0. The van der Waals surface area contributed by atoms with Crippen molar-refractivity contribution in [3.8, 4) is 0 Å². The Hall–Kier alpha value is -1.65. The first kappa shape index (κ1) is 11.8. The number of benzene rings is 2. The average molecular weight is 246 g/mol. The van der Waals surface area contributed by atoms with Gasteiger partial charge in [0.1, 0.15) is 17.5 Å². The van der Waals surface area contributed by atoms with Crippen molar-refractivity contribution in [3.63, 3.8) is 0 Å². The van der Waals surface area contributed by atoms with Crippen molar-refractivity contribution in [2.24, 2.45) is 0 Å². The van der Waals surface area contributed by atoms with E-state index in [4.69, 9.17) is 0 Å². The normalized spacial score (nSPS) is 11.2. The minimum Gasteiger partial charge on any atom is -0.206 e. The largest absolute Gasteiger partial charge is 0.206 e. The van der Waals surface area contributed by atoms with E-state index in [9.17, 15) is 22.0 Å². The van der Waals surface area contributed by atoms with Crippen LogP contribution >= 0.6 is 0 Å². The third-order valence-electron chi connectivity index (χ3n) is 2.69. The summed E-state index contributed by atoms with van der Waals surface area (Å²) in [6.07, 6.45) is 0. The summed E-state index contributed by atoms with van der Waals surface area (Å²) in [5.74, 6) is -6.62. The Balaban J connectivity index is 3.17. The van der Waals surface area contributed by atoms with Gasteiger partial charge in [0.25, 0.3) is 0 Å². The molecule has 0 fully saturated rings. The molecule has 0 bridgehead atoms. The van der Waals surface area contributed by atoms with E-state index in [2.05, 4.69) is 0 Å². The van der Waals surface area contributed by atoms with Crippen LogP contribution in [0.3, 0.4) is 0 Å². The van der Waals surface area contributed by atoms with E-state index in [1.54, 1.807) is 0 Å². The molecule has 0 amide bonds. The molecule has 2 rings (SSSR count). The first-order chi connectivity index (χ1) is 7.86. The van der Waals surface area contributed by atoms with Crippen molar-refractivity contribution < 1.29 is 22.0 Å². The van der Waals surface area contributed by atoms with E-state index in [1.165, 1.54) is 6.92 Å². The van der Waals surface area contributed by atoms with Crippen LogP contribution in [0.25, 0.3) is 10.8 Å². The van der Waals surface area contributed by atoms with Gasteiger partial charge in [-0.15, -0.1) is 0 Å². The van der Waals surface area contributed by atoms with E-state index in [-0.39, 0.29) is 5.56 Å². The first-order valence-corrected chi connectivity index (χ1v) is 4.77. The van der Waals surface area contributed by atoms with Crippen molar-refractivity contribution in [1.82, 2.24) is 0 Å². The van der Waals surface area contributed by atoms with Crippen LogP contribution in [0.2, 0.25) is 0 Å². The summed E-state index contributed by atoms with van der Waals surface area (Å²) in [5, 5.41) is -1.84. The second-order valence-corrected chi connectivity index (χ2v) is 3.81. The van der Waals surface area contributed by atoms with Crippen LogP contribution in [-0.4, -0.2) is 0 Å². The van der Waals surface area contributed by atoms with Gasteiger partial charge in [0.2, 0.25) is 0 Å². The molecule has 0 atom stereocenters. The Kier molecular flexibility index (Phi) is 2.56. The van der Waals surface area contributed by atoms with E-state index in [0.717, 1.165) is 13.0 Å². The molecule has 0 aliphatic heterocycles. The van der Waals surface area contributed by atoms with Crippen LogP contribution in [0.4, 0.5) is 22.0 Å². The van der Waals surface area contributed by atoms with Gasteiger partial charge >= 0.3 is 0 Å². The maximum absolute atomic E-state index is 13.6. The van der Waals surface area contributed by atoms with Gasteiger partial charge in [-0.3, -0.25) is 0 Å². The fraction of sp³-hybridized carbons (Fsp3) is 0.167. The van der Waals surface area contributed by atoms with Gasteiger partial charge < -0.3 is 0 Å². The van der Waals surface area contributed by atoms with Crippen molar-refractivity contribution in [2.75, 3.05) is 0 Å². The highest BCUT2D eigenvalue weighted by Gasteiger charge is 2.23. The molecule has 0 radical (unpaired) electrons. The summed E-state index contributed by atoms with van der Waals surface area (Å²) < 4.78 is 67.4. The van der Waals surface area contributed by atoms with Gasteiger partial charge in [0.15, 0.2) is 11.6 Å².